The Morgan fingerprint density at radius 3 is 2.14 bits per heavy atom. The highest BCUT2D eigenvalue weighted by atomic mass is 19.3. The van der Waals surface area contributed by atoms with Crippen molar-refractivity contribution >= 4 is 17.8 Å². The van der Waals surface area contributed by atoms with E-state index < -0.39 is 37.1 Å². The van der Waals surface area contributed by atoms with Crippen LogP contribution in [0.5, 0.6) is 11.5 Å². The first kappa shape index (κ1) is 20.8. The van der Waals surface area contributed by atoms with Crippen molar-refractivity contribution in [3.63, 3.8) is 0 Å². The molecule has 0 bridgehead atoms. The highest BCUT2D eigenvalue weighted by Crippen LogP contribution is 2.15. The van der Waals surface area contributed by atoms with E-state index in [2.05, 4.69) is 4.74 Å². The SMILES string of the molecule is C[C@@H](Oc1ccccc1)C(=O)OCC(=O)NC(=O)c1ccc(OC(F)F)cc1. The van der Waals surface area contributed by atoms with Gasteiger partial charge in [-0.05, 0) is 43.3 Å². The van der Waals surface area contributed by atoms with Crippen molar-refractivity contribution in [1.82, 2.24) is 5.32 Å². The molecule has 0 fully saturated rings. The van der Waals surface area contributed by atoms with Gasteiger partial charge in [0.15, 0.2) is 12.7 Å². The summed E-state index contributed by atoms with van der Waals surface area (Å²) in [6.07, 6.45) is -0.951. The Morgan fingerprint density at radius 1 is 0.929 bits per heavy atom. The van der Waals surface area contributed by atoms with Crippen molar-refractivity contribution < 1.29 is 37.4 Å². The van der Waals surface area contributed by atoms with Gasteiger partial charge in [0.05, 0.1) is 0 Å². The highest BCUT2D eigenvalue weighted by molar-refractivity contribution is 6.05. The van der Waals surface area contributed by atoms with Crippen LogP contribution in [0.4, 0.5) is 8.78 Å². The molecule has 0 aliphatic heterocycles. The minimum atomic E-state index is -2.98. The summed E-state index contributed by atoms with van der Waals surface area (Å²) >= 11 is 0. The summed E-state index contributed by atoms with van der Waals surface area (Å²) in [4.78, 5) is 35.5. The molecule has 0 saturated carbocycles. The lowest BCUT2D eigenvalue weighted by Crippen LogP contribution is -2.36. The largest absolute Gasteiger partial charge is 0.479 e. The van der Waals surface area contributed by atoms with Crippen molar-refractivity contribution in [3.8, 4) is 11.5 Å². The summed E-state index contributed by atoms with van der Waals surface area (Å²) in [6, 6.07) is 13.3. The number of hydrogen-bond donors (Lipinski definition) is 1. The van der Waals surface area contributed by atoms with Gasteiger partial charge in [0.25, 0.3) is 11.8 Å². The lowest BCUT2D eigenvalue weighted by atomic mass is 10.2. The van der Waals surface area contributed by atoms with Crippen LogP contribution in [0.2, 0.25) is 0 Å². The second-order valence-electron chi connectivity index (χ2n) is 5.46. The van der Waals surface area contributed by atoms with Crippen LogP contribution in [0.15, 0.2) is 54.6 Å². The first-order chi connectivity index (χ1) is 13.3. The van der Waals surface area contributed by atoms with E-state index >= 15 is 0 Å². The van der Waals surface area contributed by atoms with Crippen LogP contribution in [0.3, 0.4) is 0 Å². The highest BCUT2D eigenvalue weighted by Gasteiger charge is 2.19. The van der Waals surface area contributed by atoms with Gasteiger partial charge in [-0.2, -0.15) is 8.78 Å². The van der Waals surface area contributed by atoms with E-state index in [9.17, 15) is 23.2 Å². The molecule has 1 atom stereocenters. The first-order valence-electron chi connectivity index (χ1n) is 8.12. The number of nitrogens with one attached hydrogen (secondary N) is 1. The number of para-hydroxylation sites is 1. The summed E-state index contributed by atoms with van der Waals surface area (Å²) in [5.41, 5.74) is 0.0436. The van der Waals surface area contributed by atoms with Crippen molar-refractivity contribution in [2.45, 2.75) is 19.6 Å². The van der Waals surface area contributed by atoms with Crippen LogP contribution < -0.4 is 14.8 Å². The van der Waals surface area contributed by atoms with Gasteiger partial charge in [0.1, 0.15) is 11.5 Å². The minimum absolute atomic E-state index is 0.0436. The second kappa shape index (κ2) is 10.0. The van der Waals surface area contributed by atoms with Gasteiger partial charge in [-0.3, -0.25) is 14.9 Å². The van der Waals surface area contributed by atoms with E-state index in [1.807, 2.05) is 5.32 Å². The van der Waals surface area contributed by atoms with Crippen LogP contribution in [0.25, 0.3) is 0 Å². The average molecular weight is 393 g/mol. The standard InChI is InChI=1S/C19H17F2NO6/c1-12(27-14-5-3-2-4-6-14)18(25)26-11-16(23)22-17(24)13-7-9-15(10-8-13)28-19(20)21/h2-10,12,19H,11H2,1H3,(H,22,23,24)/t12-/m1/s1. The van der Waals surface area contributed by atoms with Crippen LogP contribution in [-0.4, -0.2) is 37.1 Å². The smallest absolute Gasteiger partial charge is 0.387 e. The van der Waals surface area contributed by atoms with Crippen LogP contribution in [-0.2, 0) is 14.3 Å². The van der Waals surface area contributed by atoms with Crippen molar-refractivity contribution in [1.29, 1.82) is 0 Å². The number of carbonyl (C=O) groups excluding carboxylic acids is 3. The number of halogens is 2. The van der Waals surface area contributed by atoms with E-state index in [0.29, 0.717) is 5.75 Å². The molecule has 2 aromatic rings. The second-order valence-corrected chi connectivity index (χ2v) is 5.46. The number of rotatable bonds is 8. The van der Waals surface area contributed by atoms with Crippen LogP contribution in [0, 0.1) is 0 Å². The maximum absolute atomic E-state index is 12.1. The molecular formula is C19H17F2NO6. The Bertz CT molecular complexity index is 811. The third kappa shape index (κ3) is 6.67. The van der Waals surface area contributed by atoms with Gasteiger partial charge in [0, 0.05) is 5.56 Å². The molecule has 1 N–H and O–H groups in total. The van der Waals surface area contributed by atoms with E-state index in [1.54, 1.807) is 30.3 Å². The van der Waals surface area contributed by atoms with E-state index in [0.717, 1.165) is 12.1 Å². The lowest BCUT2D eigenvalue weighted by molar-refractivity contribution is -0.154. The van der Waals surface area contributed by atoms with Crippen LogP contribution >= 0.6 is 0 Å². The number of alkyl halides is 2. The number of amides is 2. The normalized spacial score (nSPS) is 11.4. The van der Waals surface area contributed by atoms with E-state index in [4.69, 9.17) is 9.47 Å². The molecule has 0 unspecified atom stereocenters. The predicted octanol–water partition coefficient (Wildman–Crippen LogP) is 2.56. The van der Waals surface area contributed by atoms with Gasteiger partial charge in [0.2, 0.25) is 0 Å². The summed E-state index contributed by atoms with van der Waals surface area (Å²) in [6.45, 7) is -2.20. The first-order valence-corrected chi connectivity index (χ1v) is 8.12. The fourth-order valence-corrected chi connectivity index (χ4v) is 2.03. The molecule has 0 spiro atoms. The summed E-state index contributed by atoms with van der Waals surface area (Å²) in [5, 5.41) is 2.02. The topological polar surface area (TPSA) is 90.9 Å². The number of carbonyl (C=O) groups is 3. The van der Waals surface area contributed by atoms with Crippen molar-refractivity contribution in [2.24, 2.45) is 0 Å². The molecule has 2 amide bonds. The molecule has 0 aromatic heterocycles. The predicted molar refractivity (Wildman–Crippen MR) is 93.0 cm³/mol. The zero-order valence-electron chi connectivity index (χ0n) is 14.8. The Balaban J connectivity index is 1.78. The molecule has 2 aromatic carbocycles. The third-order valence-electron chi connectivity index (χ3n) is 3.33. The number of hydrogen-bond acceptors (Lipinski definition) is 6. The monoisotopic (exact) mass is 393 g/mol. The molecule has 28 heavy (non-hydrogen) atoms. The average Bonchev–Trinajstić information content (AvgIpc) is 2.67. The molecule has 0 aliphatic carbocycles. The molecule has 2 rings (SSSR count). The fraction of sp³-hybridized carbons (Fsp3) is 0.211. The summed E-state index contributed by atoms with van der Waals surface area (Å²) < 4.78 is 38.5. The molecule has 0 aliphatic rings. The maximum atomic E-state index is 12.1. The Labute approximate surface area is 159 Å². The van der Waals surface area contributed by atoms with Gasteiger partial charge >= 0.3 is 12.6 Å². The minimum Gasteiger partial charge on any atom is -0.479 e. The quantitative estimate of drug-likeness (QED) is 0.693. The molecule has 0 heterocycles. The lowest BCUT2D eigenvalue weighted by Gasteiger charge is -2.13. The van der Waals surface area contributed by atoms with Crippen LogP contribution in [0.1, 0.15) is 17.3 Å². The van der Waals surface area contributed by atoms with Crippen molar-refractivity contribution in [3.05, 3.63) is 60.2 Å². The fourth-order valence-electron chi connectivity index (χ4n) is 2.03. The Morgan fingerprint density at radius 2 is 1.54 bits per heavy atom. The number of benzene rings is 2. The zero-order valence-corrected chi connectivity index (χ0v) is 14.8. The van der Waals surface area contributed by atoms with Gasteiger partial charge in [-0.1, -0.05) is 18.2 Å². The maximum Gasteiger partial charge on any atom is 0.387 e. The molecule has 0 radical (unpaired) electrons. The molecule has 0 saturated heterocycles. The molecule has 9 heteroatoms. The third-order valence-corrected chi connectivity index (χ3v) is 3.33. The Kier molecular flexibility index (Phi) is 7.44. The zero-order chi connectivity index (χ0) is 20.5. The Hall–Kier alpha value is -3.49. The van der Waals surface area contributed by atoms with Gasteiger partial charge < -0.3 is 14.2 Å². The summed E-state index contributed by atoms with van der Waals surface area (Å²) in [7, 11) is 0. The molecule has 7 nitrogen and oxygen atoms in total. The molecule has 148 valence electrons. The van der Waals surface area contributed by atoms with E-state index in [-0.39, 0.29) is 11.3 Å². The number of imide groups is 1. The van der Waals surface area contributed by atoms with Gasteiger partial charge in [-0.15, -0.1) is 0 Å². The number of esters is 1. The molecular weight excluding hydrogens is 376 g/mol. The number of ether oxygens (including phenoxy) is 3. The van der Waals surface area contributed by atoms with E-state index in [1.165, 1.54) is 19.1 Å². The van der Waals surface area contributed by atoms with Crippen molar-refractivity contribution in [2.75, 3.05) is 6.61 Å². The van der Waals surface area contributed by atoms with Gasteiger partial charge in [-0.25, -0.2) is 4.79 Å². The summed E-state index contributed by atoms with van der Waals surface area (Å²) in [5.74, 6) is -2.07.